The Bertz CT molecular complexity index is 538. The number of carboxylic acid groups (broad SMARTS) is 1. The fourth-order valence-electron chi connectivity index (χ4n) is 2.41. The predicted octanol–water partition coefficient (Wildman–Crippen LogP) is 3.06. The van der Waals surface area contributed by atoms with Gasteiger partial charge in [-0.2, -0.15) is 0 Å². The number of anilines is 1. The van der Waals surface area contributed by atoms with Gasteiger partial charge in [0.15, 0.2) is 0 Å². The molecule has 2 rings (SSSR count). The average Bonchev–Trinajstić information content (AvgIpc) is 3.27. The molecule has 114 valence electrons. The van der Waals surface area contributed by atoms with Crippen molar-refractivity contribution in [3.63, 3.8) is 0 Å². The number of hydrogen-bond acceptors (Lipinski definition) is 2. The van der Waals surface area contributed by atoms with Crippen LogP contribution in [0.25, 0.3) is 0 Å². The van der Waals surface area contributed by atoms with Crippen molar-refractivity contribution in [2.75, 3.05) is 18.5 Å². The average molecular weight is 290 g/mol. The Morgan fingerprint density at radius 1 is 1.29 bits per heavy atom. The molecular formula is C16H22N2O3. The van der Waals surface area contributed by atoms with Crippen LogP contribution >= 0.6 is 0 Å². The molecule has 0 aliphatic heterocycles. The third-order valence-corrected chi connectivity index (χ3v) is 3.58. The minimum Gasteiger partial charge on any atom is -0.478 e. The highest BCUT2D eigenvalue weighted by molar-refractivity contribution is 6.01. The van der Waals surface area contributed by atoms with E-state index in [0.717, 1.165) is 12.8 Å². The number of carbonyl (C=O) groups is 2. The molecule has 5 heteroatoms. The van der Waals surface area contributed by atoms with Crippen molar-refractivity contribution in [2.45, 2.75) is 32.7 Å². The molecule has 0 unspecified atom stereocenters. The molecule has 21 heavy (non-hydrogen) atoms. The van der Waals surface area contributed by atoms with Gasteiger partial charge in [0.25, 0.3) is 0 Å². The topological polar surface area (TPSA) is 60.9 Å². The first-order valence-electron chi connectivity index (χ1n) is 7.28. The first kappa shape index (κ1) is 15.4. The highest BCUT2D eigenvalue weighted by atomic mass is 16.4. The van der Waals surface area contributed by atoms with Crippen molar-refractivity contribution in [3.05, 3.63) is 29.8 Å². The highest BCUT2D eigenvalue weighted by Gasteiger charge is 2.35. The van der Waals surface area contributed by atoms with E-state index >= 15 is 0 Å². The minimum absolute atomic E-state index is 0.125. The molecule has 0 aromatic heterocycles. The fourth-order valence-corrected chi connectivity index (χ4v) is 2.41. The maximum Gasteiger partial charge on any atom is 0.337 e. The van der Waals surface area contributed by atoms with Crippen LogP contribution in [0.15, 0.2) is 24.3 Å². The molecule has 2 amide bonds. The van der Waals surface area contributed by atoms with Crippen LogP contribution in [0, 0.1) is 5.92 Å². The number of carbonyl (C=O) groups excluding carboxylic acids is 1. The number of aromatic carboxylic acids is 1. The number of rotatable bonds is 5. The summed E-state index contributed by atoms with van der Waals surface area (Å²) in [5, 5.41) is 9.25. The van der Waals surface area contributed by atoms with Crippen LogP contribution in [0.3, 0.4) is 0 Å². The molecule has 1 aliphatic rings. The lowest BCUT2D eigenvalue weighted by Gasteiger charge is -2.30. The summed E-state index contributed by atoms with van der Waals surface area (Å²) in [5.74, 6) is -0.634. The summed E-state index contributed by atoms with van der Waals surface area (Å²) in [6, 6.07) is 6.78. The smallest absolute Gasteiger partial charge is 0.337 e. The third-order valence-electron chi connectivity index (χ3n) is 3.58. The summed E-state index contributed by atoms with van der Waals surface area (Å²) in [6.07, 6.45) is 2.07. The van der Waals surface area contributed by atoms with Crippen molar-refractivity contribution in [2.24, 2.45) is 5.92 Å². The Labute approximate surface area is 125 Å². The number of hydrogen-bond donors (Lipinski definition) is 1. The quantitative estimate of drug-likeness (QED) is 0.906. The van der Waals surface area contributed by atoms with E-state index in [1.165, 1.54) is 11.0 Å². The van der Waals surface area contributed by atoms with E-state index in [9.17, 15) is 14.7 Å². The van der Waals surface area contributed by atoms with E-state index < -0.39 is 5.97 Å². The van der Waals surface area contributed by atoms with Crippen molar-refractivity contribution in [1.29, 1.82) is 0 Å². The summed E-state index contributed by atoms with van der Waals surface area (Å²) in [6.45, 7) is 4.85. The maximum atomic E-state index is 12.7. The summed E-state index contributed by atoms with van der Waals surface area (Å²) < 4.78 is 0. The summed E-state index contributed by atoms with van der Waals surface area (Å²) in [4.78, 5) is 27.3. The molecular weight excluding hydrogens is 268 g/mol. The molecule has 0 saturated heterocycles. The number of para-hydroxylation sites is 1. The van der Waals surface area contributed by atoms with Gasteiger partial charge in [0.05, 0.1) is 11.3 Å². The van der Waals surface area contributed by atoms with Crippen LogP contribution in [-0.4, -0.2) is 41.6 Å². The predicted molar refractivity (Wildman–Crippen MR) is 81.8 cm³/mol. The first-order chi connectivity index (χ1) is 9.91. The number of benzene rings is 1. The fraction of sp³-hybridized carbons (Fsp3) is 0.500. The summed E-state index contributed by atoms with van der Waals surface area (Å²) >= 11 is 0. The molecule has 0 atom stereocenters. The van der Waals surface area contributed by atoms with Crippen LogP contribution in [0.2, 0.25) is 0 Å². The Kier molecular flexibility index (Phi) is 4.50. The second kappa shape index (κ2) is 6.16. The van der Waals surface area contributed by atoms with Gasteiger partial charge in [-0.1, -0.05) is 26.0 Å². The lowest BCUT2D eigenvalue weighted by Crippen LogP contribution is -2.44. The van der Waals surface area contributed by atoms with Gasteiger partial charge in [0.1, 0.15) is 0 Å². The standard InChI is InChI=1S/C16H22N2O3/c1-11(2)10-18(12-8-9-12)16(21)17(3)14-7-5-4-6-13(14)15(19)20/h4-7,11-12H,8-10H2,1-3H3,(H,19,20). The summed E-state index contributed by atoms with van der Waals surface area (Å²) in [5.41, 5.74) is 0.582. The molecule has 1 aromatic rings. The van der Waals surface area contributed by atoms with Gasteiger partial charge < -0.3 is 10.0 Å². The van der Waals surface area contributed by atoms with E-state index in [4.69, 9.17) is 0 Å². The van der Waals surface area contributed by atoms with Crippen molar-refractivity contribution < 1.29 is 14.7 Å². The van der Waals surface area contributed by atoms with E-state index in [-0.39, 0.29) is 11.6 Å². The third kappa shape index (κ3) is 3.54. The molecule has 1 aromatic carbocycles. The molecule has 0 bridgehead atoms. The summed E-state index contributed by atoms with van der Waals surface area (Å²) in [7, 11) is 1.64. The van der Waals surface area contributed by atoms with E-state index in [1.807, 2.05) is 4.90 Å². The lowest BCUT2D eigenvalue weighted by atomic mass is 10.1. The van der Waals surface area contributed by atoms with Gasteiger partial charge in [0.2, 0.25) is 0 Å². The monoisotopic (exact) mass is 290 g/mol. The number of nitrogens with zero attached hydrogens (tertiary/aromatic N) is 2. The number of carboxylic acids is 1. The molecule has 1 aliphatic carbocycles. The van der Waals surface area contributed by atoms with Gasteiger partial charge >= 0.3 is 12.0 Å². The zero-order chi connectivity index (χ0) is 15.6. The Morgan fingerprint density at radius 2 is 1.90 bits per heavy atom. The van der Waals surface area contributed by atoms with Crippen LogP contribution in [0.1, 0.15) is 37.0 Å². The Hall–Kier alpha value is -2.04. The maximum absolute atomic E-state index is 12.7. The Morgan fingerprint density at radius 3 is 2.43 bits per heavy atom. The highest BCUT2D eigenvalue weighted by Crippen LogP contribution is 2.30. The van der Waals surface area contributed by atoms with Crippen LogP contribution in [-0.2, 0) is 0 Å². The second-order valence-electron chi connectivity index (χ2n) is 5.94. The van der Waals surface area contributed by atoms with Crippen molar-refractivity contribution in [3.8, 4) is 0 Å². The van der Waals surface area contributed by atoms with Crippen LogP contribution < -0.4 is 4.90 Å². The molecule has 0 spiro atoms. The van der Waals surface area contributed by atoms with Crippen LogP contribution in [0.5, 0.6) is 0 Å². The van der Waals surface area contributed by atoms with Crippen molar-refractivity contribution >= 4 is 17.7 Å². The number of urea groups is 1. The molecule has 0 heterocycles. The minimum atomic E-state index is -1.02. The van der Waals surface area contributed by atoms with Crippen molar-refractivity contribution in [1.82, 2.24) is 4.90 Å². The van der Waals surface area contributed by atoms with E-state index in [0.29, 0.717) is 24.2 Å². The van der Waals surface area contributed by atoms with Gasteiger partial charge in [-0.25, -0.2) is 9.59 Å². The van der Waals surface area contributed by atoms with Gasteiger partial charge in [-0.05, 0) is 30.9 Å². The zero-order valence-electron chi connectivity index (χ0n) is 12.7. The molecule has 5 nitrogen and oxygen atoms in total. The molecule has 1 fully saturated rings. The second-order valence-corrected chi connectivity index (χ2v) is 5.94. The lowest BCUT2D eigenvalue weighted by molar-refractivity contribution is 0.0697. The Balaban J connectivity index is 2.23. The van der Waals surface area contributed by atoms with E-state index in [2.05, 4.69) is 13.8 Å². The molecule has 1 N–H and O–H groups in total. The van der Waals surface area contributed by atoms with E-state index in [1.54, 1.807) is 25.2 Å². The normalized spacial score (nSPS) is 14.1. The molecule has 0 radical (unpaired) electrons. The van der Waals surface area contributed by atoms with Gasteiger partial charge in [-0.3, -0.25) is 4.90 Å². The first-order valence-corrected chi connectivity index (χ1v) is 7.28. The number of amides is 2. The van der Waals surface area contributed by atoms with Crippen LogP contribution in [0.4, 0.5) is 10.5 Å². The largest absolute Gasteiger partial charge is 0.478 e. The SMILES string of the molecule is CC(C)CN(C(=O)N(C)c1ccccc1C(=O)O)C1CC1. The zero-order valence-corrected chi connectivity index (χ0v) is 12.7. The molecule has 1 saturated carbocycles. The van der Waals surface area contributed by atoms with Gasteiger partial charge in [0, 0.05) is 19.6 Å². The van der Waals surface area contributed by atoms with Gasteiger partial charge in [-0.15, -0.1) is 0 Å².